The van der Waals surface area contributed by atoms with Gasteiger partial charge in [-0.05, 0) is 35.9 Å². The highest BCUT2D eigenvalue weighted by Gasteiger charge is 2.41. The Morgan fingerprint density at radius 1 is 1.67 bits per heavy atom. The van der Waals surface area contributed by atoms with E-state index in [1.807, 2.05) is 6.92 Å². The highest BCUT2D eigenvalue weighted by molar-refractivity contribution is 14.1. The van der Waals surface area contributed by atoms with E-state index in [4.69, 9.17) is 5.73 Å². The SMILES string of the molecule is CC1(n2ncc(I)c2N)CCS(=O)(=O)C1. The van der Waals surface area contributed by atoms with Crippen molar-refractivity contribution in [2.45, 2.75) is 18.9 Å². The van der Waals surface area contributed by atoms with E-state index in [2.05, 4.69) is 27.7 Å². The molecule has 2 N–H and O–H groups in total. The molecule has 1 atom stereocenters. The van der Waals surface area contributed by atoms with Gasteiger partial charge in [-0.15, -0.1) is 0 Å². The van der Waals surface area contributed by atoms with Crippen molar-refractivity contribution in [3.63, 3.8) is 0 Å². The summed E-state index contributed by atoms with van der Waals surface area (Å²) in [7, 11) is -2.93. The maximum absolute atomic E-state index is 11.5. The molecule has 2 heterocycles. The zero-order valence-electron chi connectivity index (χ0n) is 8.27. The first kappa shape index (κ1) is 11.2. The predicted octanol–water partition coefficient (Wildman–Crippen LogP) is 0.604. The number of nitrogens with two attached hydrogens (primary N) is 1. The summed E-state index contributed by atoms with van der Waals surface area (Å²) in [4.78, 5) is 0. The van der Waals surface area contributed by atoms with Gasteiger partial charge in [-0.1, -0.05) is 0 Å². The van der Waals surface area contributed by atoms with Crippen LogP contribution in [0.25, 0.3) is 0 Å². The summed E-state index contributed by atoms with van der Waals surface area (Å²) in [5, 5.41) is 4.15. The second-order valence-corrected chi connectivity index (χ2v) is 7.47. The summed E-state index contributed by atoms with van der Waals surface area (Å²) in [6, 6.07) is 0. The van der Waals surface area contributed by atoms with E-state index in [1.165, 1.54) is 0 Å². The van der Waals surface area contributed by atoms with Crippen molar-refractivity contribution < 1.29 is 8.42 Å². The Morgan fingerprint density at radius 2 is 2.33 bits per heavy atom. The molecule has 0 saturated carbocycles. The number of hydrogen-bond acceptors (Lipinski definition) is 4. The van der Waals surface area contributed by atoms with Crippen LogP contribution in [0, 0.1) is 3.57 Å². The predicted molar refractivity (Wildman–Crippen MR) is 66.3 cm³/mol. The van der Waals surface area contributed by atoms with Gasteiger partial charge in [0.25, 0.3) is 0 Å². The van der Waals surface area contributed by atoms with Gasteiger partial charge in [0.05, 0.1) is 26.8 Å². The molecule has 0 spiro atoms. The molecule has 7 heteroatoms. The number of rotatable bonds is 1. The number of sulfone groups is 1. The maximum Gasteiger partial charge on any atom is 0.152 e. The molecule has 0 aliphatic carbocycles. The highest BCUT2D eigenvalue weighted by atomic mass is 127. The van der Waals surface area contributed by atoms with Crippen LogP contribution in [-0.4, -0.2) is 29.7 Å². The Labute approximate surface area is 102 Å². The zero-order valence-corrected chi connectivity index (χ0v) is 11.2. The van der Waals surface area contributed by atoms with Gasteiger partial charge in [0, 0.05) is 0 Å². The van der Waals surface area contributed by atoms with Gasteiger partial charge < -0.3 is 5.73 Å². The van der Waals surface area contributed by atoms with Gasteiger partial charge in [-0.2, -0.15) is 5.10 Å². The molecule has 1 aliphatic rings. The fourth-order valence-electron chi connectivity index (χ4n) is 1.93. The second kappa shape index (κ2) is 3.34. The largest absolute Gasteiger partial charge is 0.383 e. The Hall–Kier alpha value is -0.310. The molecule has 5 nitrogen and oxygen atoms in total. The molecule has 1 aromatic heterocycles. The monoisotopic (exact) mass is 341 g/mol. The van der Waals surface area contributed by atoms with Gasteiger partial charge in [0.15, 0.2) is 9.84 Å². The summed E-state index contributed by atoms with van der Waals surface area (Å²) < 4.78 is 25.4. The Balaban J connectivity index is 2.44. The number of aromatic nitrogens is 2. The first-order chi connectivity index (χ1) is 6.84. The Kier molecular flexibility index (Phi) is 2.49. The van der Waals surface area contributed by atoms with Crippen LogP contribution in [0.1, 0.15) is 13.3 Å². The van der Waals surface area contributed by atoms with Crippen molar-refractivity contribution in [3.05, 3.63) is 9.77 Å². The molecule has 1 aliphatic heterocycles. The smallest absolute Gasteiger partial charge is 0.152 e. The van der Waals surface area contributed by atoms with Crippen molar-refractivity contribution in [1.82, 2.24) is 9.78 Å². The summed E-state index contributed by atoms with van der Waals surface area (Å²) in [6.45, 7) is 1.89. The first-order valence-electron chi connectivity index (χ1n) is 4.54. The summed E-state index contributed by atoms with van der Waals surface area (Å²) >= 11 is 2.09. The van der Waals surface area contributed by atoms with Crippen molar-refractivity contribution in [2.75, 3.05) is 17.2 Å². The average Bonchev–Trinajstić information content (AvgIpc) is 2.57. The topological polar surface area (TPSA) is 78.0 Å². The lowest BCUT2D eigenvalue weighted by Crippen LogP contribution is -2.33. The van der Waals surface area contributed by atoms with Crippen LogP contribution in [0.4, 0.5) is 5.82 Å². The molecule has 1 fully saturated rings. The standard InChI is InChI=1S/C8H12IN3O2S/c1-8(2-3-15(13,14)5-8)12-7(10)6(9)4-11-12/h4H,2-3,5,10H2,1H3. The minimum absolute atomic E-state index is 0.127. The Morgan fingerprint density at radius 3 is 2.73 bits per heavy atom. The molecule has 1 unspecified atom stereocenters. The van der Waals surface area contributed by atoms with E-state index in [0.29, 0.717) is 12.2 Å². The second-order valence-electron chi connectivity index (χ2n) is 4.13. The minimum atomic E-state index is -2.93. The van der Waals surface area contributed by atoms with Crippen LogP contribution in [0.5, 0.6) is 0 Å². The van der Waals surface area contributed by atoms with Crippen LogP contribution < -0.4 is 5.73 Å². The van der Waals surface area contributed by atoms with Crippen molar-refractivity contribution in [1.29, 1.82) is 0 Å². The van der Waals surface area contributed by atoms with Crippen LogP contribution in [0.3, 0.4) is 0 Å². The van der Waals surface area contributed by atoms with E-state index in [0.717, 1.165) is 3.57 Å². The van der Waals surface area contributed by atoms with Crippen LogP contribution in [0.2, 0.25) is 0 Å². The lowest BCUT2D eigenvalue weighted by molar-refractivity contribution is 0.334. The lowest BCUT2D eigenvalue weighted by atomic mass is 10.0. The van der Waals surface area contributed by atoms with E-state index in [9.17, 15) is 8.42 Å². The fraction of sp³-hybridized carbons (Fsp3) is 0.625. The molecule has 84 valence electrons. The molecular weight excluding hydrogens is 329 g/mol. The highest BCUT2D eigenvalue weighted by Crippen LogP contribution is 2.33. The van der Waals surface area contributed by atoms with Gasteiger partial charge in [0.1, 0.15) is 5.82 Å². The molecule has 15 heavy (non-hydrogen) atoms. The van der Waals surface area contributed by atoms with Crippen LogP contribution in [0.15, 0.2) is 6.20 Å². The van der Waals surface area contributed by atoms with Gasteiger partial charge >= 0.3 is 0 Å². The van der Waals surface area contributed by atoms with Crippen molar-refractivity contribution in [2.24, 2.45) is 0 Å². The molecule has 1 aromatic rings. The van der Waals surface area contributed by atoms with E-state index < -0.39 is 15.4 Å². The average molecular weight is 341 g/mol. The normalized spacial score (nSPS) is 29.5. The third-order valence-corrected chi connectivity index (χ3v) is 5.47. The Bertz CT molecular complexity index is 496. The quantitative estimate of drug-likeness (QED) is 0.759. The molecule has 1 saturated heterocycles. The van der Waals surface area contributed by atoms with E-state index in [-0.39, 0.29) is 11.5 Å². The number of anilines is 1. The van der Waals surface area contributed by atoms with Crippen molar-refractivity contribution in [3.8, 4) is 0 Å². The third-order valence-electron chi connectivity index (χ3n) is 2.75. The third kappa shape index (κ3) is 1.86. The summed E-state index contributed by atoms with van der Waals surface area (Å²) in [5.74, 6) is 0.900. The van der Waals surface area contributed by atoms with Crippen molar-refractivity contribution >= 4 is 38.2 Å². The van der Waals surface area contributed by atoms with Crippen LogP contribution >= 0.6 is 22.6 Å². The maximum atomic E-state index is 11.5. The summed E-state index contributed by atoms with van der Waals surface area (Å²) in [5.41, 5.74) is 5.37. The summed E-state index contributed by atoms with van der Waals surface area (Å²) in [6.07, 6.45) is 2.24. The molecule has 2 rings (SSSR count). The molecule has 0 radical (unpaired) electrons. The molecule has 0 amide bonds. The van der Waals surface area contributed by atoms with Gasteiger partial charge in [0.2, 0.25) is 0 Å². The number of nitrogen functional groups attached to an aromatic ring is 1. The van der Waals surface area contributed by atoms with Gasteiger partial charge in [-0.25, -0.2) is 13.1 Å². The van der Waals surface area contributed by atoms with Crippen LogP contribution in [-0.2, 0) is 15.4 Å². The molecule has 0 bridgehead atoms. The van der Waals surface area contributed by atoms with E-state index >= 15 is 0 Å². The zero-order chi connectivity index (χ0) is 11.3. The minimum Gasteiger partial charge on any atom is -0.383 e. The number of nitrogens with zero attached hydrogens (tertiary/aromatic N) is 2. The molecule has 0 aromatic carbocycles. The number of hydrogen-bond donors (Lipinski definition) is 1. The first-order valence-corrected chi connectivity index (χ1v) is 7.44. The number of halogens is 1. The lowest BCUT2D eigenvalue weighted by Gasteiger charge is -2.24. The van der Waals surface area contributed by atoms with E-state index in [1.54, 1.807) is 10.9 Å². The fourth-order valence-corrected chi connectivity index (χ4v) is 4.39. The molecular formula is C8H12IN3O2S. The van der Waals surface area contributed by atoms with Gasteiger partial charge in [-0.3, -0.25) is 0 Å².